The Morgan fingerprint density at radius 2 is 1.94 bits per heavy atom. The summed E-state index contributed by atoms with van der Waals surface area (Å²) in [5.41, 5.74) is 1.16. The van der Waals surface area contributed by atoms with Crippen LogP contribution in [0.25, 0.3) is 5.65 Å². The van der Waals surface area contributed by atoms with Crippen molar-refractivity contribution in [2.45, 2.75) is 83.3 Å². The summed E-state index contributed by atoms with van der Waals surface area (Å²) in [6.07, 6.45) is 3.28. The minimum absolute atomic E-state index is 0.00907. The lowest BCUT2D eigenvalue weighted by Crippen LogP contribution is -2.52. The van der Waals surface area contributed by atoms with E-state index in [4.69, 9.17) is 4.74 Å². The van der Waals surface area contributed by atoms with Crippen LogP contribution < -0.4 is 10.2 Å². The normalized spacial score (nSPS) is 22.9. The molecule has 1 amide bonds. The number of fused-ring (bicyclic) bond motifs is 3. The molecule has 4 heterocycles. The topological polar surface area (TPSA) is 102 Å². The molecule has 0 spiro atoms. The standard InChI is InChI=1S/C21H28F2N6O3/c1-12-24-18-10-14(6-7-21(3,22)23)27-29(18)20(25-12)28-16-4-5-17(28)9-15(8-16)26-19(31)11-32-13(2)30/h10,15-17H,4-9,11H2,1-3H3,(H,26,31)/t15?,16-,17?/m0/s1. The minimum atomic E-state index is -2.75. The number of amides is 1. The number of nitrogens with one attached hydrogen (secondary N) is 1. The zero-order chi connectivity index (χ0) is 23.0. The van der Waals surface area contributed by atoms with Gasteiger partial charge in [-0.3, -0.25) is 9.59 Å². The van der Waals surface area contributed by atoms with Gasteiger partial charge in [0.25, 0.3) is 5.91 Å². The van der Waals surface area contributed by atoms with Gasteiger partial charge in [0, 0.05) is 37.5 Å². The molecule has 2 aliphatic heterocycles. The van der Waals surface area contributed by atoms with Crippen LogP contribution in [0.1, 0.15) is 57.5 Å². The molecule has 9 nitrogen and oxygen atoms in total. The number of ether oxygens (including phenoxy) is 1. The van der Waals surface area contributed by atoms with E-state index in [9.17, 15) is 18.4 Å². The van der Waals surface area contributed by atoms with Crippen molar-refractivity contribution in [2.24, 2.45) is 0 Å². The van der Waals surface area contributed by atoms with E-state index in [1.165, 1.54) is 6.92 Å². The van der Waals surface area contributed by atoms with Crippen molar-refractivity contribution in [3.63, 3.8) is 0 Å². The second-order valence-electron chi connectivity index (χ2n) is 8.86. The molecule has 174 valence electrons. The van der Waals surface area contributed by atoms with E-state index in [1.54, 1.807) is 17.5 Å². The largest absolute Gasteiger partial charge is 0.456 e. The quantitative estimate of drug-likeness (QED) is 0.645. The minimum Gasteiger partial charge on any atom is -0.456 e. The highest BCUT2D eigenvalue weighted by Gasteiger charge is 2.43. The number of aryl methyl sites for hydroxylation is 2. The van der Waals surface area contributed by atoms with Crippen molar-refractivity contribution in [1.29, 1.82) is 0 Å². The van der Waals surface area contributed by atoms with Gasteiger partial charge in [0.15, 0.2) is 12.3 Å². The van der Waals surface area contributed by atoms with E-state index in [-0.39, 0.29) is 43.5 Å². The average molecular weight is 450 g/mol. The van der Waals surface area contributed by atoms with E-state index in [1.807, 2.05) is 0 Å². The maximum absolute atomic E-state index is 13.3. The number of aromatic nitrogens is 4. The number of carbonyl (C=O) groups is 2. The summed E-state index contributed by atoms with van der Waals surface area (Å²) in [7, 11) is 0. The SMILES string of the molecule is CC(=O)OCC(=O)NC1CC2CC[C@@H](C1)N2c1nc(C)nc2cc(CCC(C)(F)F)nn12. The zero-order valence-corrected chi connectivity index (χ0v) is 18.5. The van der Waals surface area contributed by atoms with Gasteiger partial charge in [-0.15, -0.1) is 0 Å². The van der Waals surface area contributed by atoms with Crippen LogP contribution in [0.15, 0.2) is 6.07 Å². The number of hydrogen-bond acceptors (Lipinski definition) is 7. The molecule has 2 bridgehead atoms. The molecule has 2 saturated heterocycles. The molecule has 2 aliphatic rings. The van der Waals surface area contributed by atoms with E-state index >= 15 is 0 Å². The molecular weight excluding hydrogens is 422 g/mol. The Kier molecular flexibility index (Phi) is 6.00. The third-order valence-corrected chi connectivity index (χ3v) is 6.02. The number of esters is 1. The average Bonchev–Trinajstić information content (AvgIpc) is 3.21. The summed E-state index contributed by atoms with van der Waals surface area (Å²) < 4.78 is 33.0. The Morgan fingerprint density at radius 3 is 2.56 bits per heavy atom. The van der Waals surface area contributed by atoms with Crippen LogP contribution in [-0.4, -0.2) is 62.1 Å². The number of alkyl halides is 2. The first kappa shape index (κ1) is 22.3. The monoisotopic (exact) mass is 450 g/mol. The number of hydrogen-bond donors (Lipinski definition) is 1. The highest BCUT2D eigenvalue weighted by Crippen LogP contribution is 2.38. The third kappa shape index (κ3) is 4.97. The van der Waals surface area contributed by atoms with Gasteiger partial charge in [0.05, 0.1) is 5.69 Å². The lowest BCUT2D eigenvalue weighted by atomic mass is 9.97. The van der Waals surface area contributed by atoms with Crippen molar-refractivity contribution in [1.82, 2.24) is 24.9 Å². The summed E-state index contributed by atoms with van der Waals surface area (Å²) in [4.78, 5) is 34.3. The van der Waals surface area contributed by atoms with Crippen molar-refractivity contribution >= 4 is 23.5 Å². The van der Waals surface area contributed by atoms with Gasteiger partial charge >= 0.3 is 5.97 Å². The third-order valence-electron chi connectivity index (χ3n) is 6.02. The van der Waals surface area contributed by atoms with Crippen LogP contribution in [-0.2, 0) is 20.7 Å². The molecule has 32 heavy (non-hydrogen) atoms. The van der Waals surface area contributed by atoms with E-state index in [2.05, 4.69) is 25.3 Å². The second kappa shape index (κ2) is 8.59. The van der Waals surface area contributed by atoms with Gasteiger partial charge in [-0.2, -0.15) is 14.6 Å². The van der Waals surface area contributed by atoms with E-state index in [0.717, 1.165) is 32.6 Å². The van der Waals surface area contributed by atoms with Gasteiger partial charge in [-0.05, 0) is 46.0 Å². The van der Waals surface area contributed by atoms with E-state index < -0.39 is 11.9 Å². The molecule has 2 fully saturated rings. The maximum atomic E-state index is 13.3. The molecule has 3 atom stereocenters. The number of carbonyl (C=O) groups excluding carboxylic acids is 2. The fraction of sp³-hybridized carbons (Fsp3) is 0.667. The summed E-state index contributed by atoms with van der Waals surface area (Å²) in [5, 5.41) is 7.50. The molecule has 2 aromatic heterocycles. The number of halogens is 2. The van der Waals surface area contributed by atoms with Gasteiger partial charge < -0.3 is 15.0 Å². The maximum Gasteiger partial charge on any atom is 0.303 e. The van der Waals surface area contributed by atoms with E-state index in [0.29, 0.717) is 23.1 Å². The summed E-state index contributed by atoms with van der Waals surface area (Å²) in [5.74, 6) is -2.28. The molecule has 2 unspecified atom stereocenters. The summed E-state index contributed by atoms with van der Waals surface area (Å²) in [6, 6.07) is 2.06. The molecular formula is C21H28F2N6O3. The highest BCUT2D eigenvalue weighted by molar-refractivity contribution is 5.80. The molecule has 4 rings (SSSR count). The molecule has 1 N–H and O–H groups in total. The van der Waals surface area contributed by atoms with Gasteiger partial charge in [0.1, 0.15) is 5.82 Å². The molecule has 0 saturated carbocycles. The van der Waals surface area contributed by atoms with Crippen molar-refractivity contribution < 1.29 is 23.1 Å². The van der Waals surface area contributed by atoms with Crippen molar-refractivity contribution in [3.8, 4) is 0 Å². The van der Waals surface area contributed by atoms with Crippen LogP contribution in [0, 0.1) is 6.92 Å². The predicted molar refractivity (Wildman–Crippen MR) is 112 cm³/mol. The zero-order valence-electron chi connectivity index (χ0n) is 18.5. The van der Waals surface area contributed by atoms with Gasteiger partial charge in [0.2, 0.25) is 11.9 Å². The van der Waals surface area contributed by atoms with Crippen molar-refractivity contribution in [3.05, 3.63) is 17.6 Å². The lowest BCUT2D eigenvalue weighted by Gasteiger charge is -2.39. The van der Waals surface area contributed by atoms with Crippen LogP contribution in [0.5, 0.6) is 0 Å². The smallest absolute Gasteiger partial charge is 0.303 e. The first-order valence-corrected chi connectivity index (χ1v) is 10.9. The van der Waals surface area contributed by atoms with Crippen LogP contribution in [0.2, 0.25) is 0 Å². The van der Waals surface area contributed by atoms with Gasteiger partial charge in [-0.1, -0.05) is 0 Å². The molecule has 2 aromatic rings. The van der Waals surface area contributed by atoms with Crippen LogP contribution in [0.4, 0.5) is 14.7 Å². The Hall–Kier alpha value is -2.85. The Bertz CT molecular complexity index is 1010. The second-order valence-corrected chi connectivity index (χ2v) is 8.86. The fourth-order valence-corrected chi connectivity index (χ4v) is 4.72. The Morgan fingerprint density at radius 1 is 1.25 bits per heavy atom. The number of nitrogens with zero attached hydrogens (tertiary/aromatic N) is 5. The lowest BCUT2D eigenvalue weighted by molar-refractivity contribution is -0.146. The summed E-state index contributed by atoms with van der Waals surface area (Å²) in [6.45, 7) is 3.71. The first-order valence-electron chi connectivity index (χ1n) is 10.9. The Labute approximate surface area is 184 Å². The molecule has 0 aliphatic carbocycles. The van der Waals surface area contributed by atoms with Gasteiger partial charge in [-0.25, -0.2) is 13.8 Å². The van der Waals surface area contributed by atoms with Crippen LogP contribution >= 0.6 is 0 Å². The first-order chi connectivity index (χ1) is 15.1. The number of anilines is 1. The van der Waals surface area contributed by atoms with Crippen molar-refractivity contribution in [2.75, 3.05) is 11.5 Å². The number of rotatable bonds is 7. The molecule has 11 heteroatoms. The Balaban J connectivity index is 1.51. The predicted octanol–water partition coefficient (Wildman–Crippen LogP) is 2.20. The van der Waals surface area contributed by atoms with Crippen LogP contribution in [0.3, 0.4) is 0 Å². The number of piperidine rings is 1. The summed E-state index contributed by atoms with van der Waals surface area (Å²) >= 11 is 0. The molecule has 0 radical (unpaired) electrons. The molecule has 0 aromatic carbocycles. The fourth-order valence-electron chi connectivity index (χ4n) is 4.72. The highest BCUT2D eigenvalue weighted by atomic mass is 19.3.